The molecule has 0 saturated carbocycles. The van der Waals surface area contributed by atoms with E-state index in [9.17, 15) is 13.2 Å². The second-order valence-electron chi connectivity index (χ2n) is 2.63. The highest BCUT2D eigenvalue weighted by molar-refractivity contribution is 14.1. The number of pyridine rings is 1. The van der Waals surface area contributed by atoms with Gasteiger partial charge in [0.2, 0.25) is 5.88 Å². The number of aryl methyl sites for hydroxylation is 1. The van der Waals surface area contributed by atoms with E-state index in [0.29, 0.717) is 5.69 Å². The number of hydrogen-bond acceptors (Lipinski definition) is 3. The van der Waals surface area contributed by atoms with Gasteiger partial charge in [-0.1, -0.05) is 0 Å². The Morgan fingerprint density at radius 2 is 2.00 bits per heavy atom. The van der Waals surface area contributed by atoms with Crippen LogP contribution in [0.4, 0.5) is 13.2 Å². The molecule has 0 aliphatic carbocycles. The molecule has 0 spiro atoms. The van der Waals surface area contributed by atoms with Gasteiger partial charge in [0.05, 0.1) is 7.11 Å². The second kappa shape index (κ2) is 4.42. The monoisotopic (exact) mass is 333 g/mol. The molecule has 0 fully saturated rings. The van der Waals surface area contributed by atoms with Gasteiger partial charge in [-0.05, 0) is 29.5 Å². The lowest BCUT2D eigenvalue weighted by Crippen LogP contribution is -2.18. The van der Waals surface area contributed by atoms with Crippen molar-refractivity contribution in [3.8, 4) is 11.6 Å². The predicted octanol–water partition coefficient (Wildman–Crippen LogP) is 2.90. The lowest BCUT2D eigenvalue weighted by Gasteiger charge is -2.12. The standard InChI is InChI=1S/C8H7F3INO2/c1-4-3-5(15-8(9,10)11)6(12)7(13-4)14-2/h3H,1-2H3. The minimum Gasteiger partial charge on any atom is -0.480 e. The van der Waals surface area contributed by atoms with Crippen molar-refractivity contribution in [2.75, 3.05) is 7.11 Å². The number of nitrogens with zero attached hydrogens (tertiary/aromatic N) is 1. The Labute approximate surface area is 97.7 Å². The molecule has 0 unspecified atom stereocenters. The van der Waals surface area contributed by atoms with Gasteiger partial charge in [0.25, 0.3) is 0 Å². The molecule has 0 aliphatic rings. The van der Waals surface area contributed by atoms with Crippen molar-refractivity contribution in [2.45, 2.75) is 13.3 Å². The Morgan fingerprint density at radius 3 is 2.47 bits per heavy atom. The molecule has 1 rings (SSSR count). The third kappa shape index (κ3) is 3.40. The first-order valence-electron chi connectivity index (χ1n) is 3.80. The molecule has 0 aromatic carbocycles. The maximum Gasteiger partial charge on any atom is 0.573 e. The first-order valence-corrected chi connectivity index (χ1v) is 4.88. The van der Waals surface area contributed by atoms with Gasteiger partial charge in [-0.2, -0.15) is 0 Å². The van der Waals surface area contributed by atoms with Crippen LogP contribution in [-0.2, 0) is 0 Å². The normalized spacial score (nSPS) is 11.3. The Kier molecular flexibility index (Phi) is 3.63. The van der Waals surface area contributed by atoms with Crippen LogP contribution in [0.2, 0.25) is 0 Å². The van der Waals surface area contributed by atoms with E-state index in [1.165, 1.54) is 13.2 Å². The van der Waals surface area contributed by atoms with Crippen molar-refractivity contribution in [1.82, 2.24) is 4.98 Å². The van der Waals surface area contributed by atoms with Crippen molar-refractivity contribution in [3.63, 3.8) is 0 Å². The number of ether oxygens (including phenoxy) is 2. The molecule has 1 aromatic heterocycles. The summed E-state index contributed by atoms with van der Waals surface area (Å²) in [4.78, 5) is 3.90. The Morgan fingerprint density at radius 1 is 1.40 bits per heavy atom. The zero-order chi connectivity index (χ0) is 11.6. The van der Waals surface area contributed by atoms with Gasteiger partial charge in [-0.3, -0.25) is 0 Å². The fourth-order valence-corrected chi connectivity index (χ4v) is 1.54. The SMILES string of the molecule is COc1nc(C)cc(OC(F)(F)F)c1I. The molecule has 0 amide bonds. The van der Waals surface area contributed by atoms with Crippen molar-refractivity contribution in [1.29, 1.82) is 0 Å². The Bertz CT molecular complexity index is 368. The van der Waals surface area contributed by atoms with Crippen LogP contribution in [0.25, 0.3) is 0 Å². The van der Waals surface area contributed by atoms with Gasteiger partial charge in [-0.25, -0.2) is 4.98 Å². The van der Waals surface area contributed by atoms with Crippen molar-refractivity contribution < 1.29 is 22.6 Å². The molecule has 0 saturated heterocycles. The highest BCUT2D eigenvalue weighted by atomic mass is 127. The topological polar surface area (TPSA) is 31.4 Å². The average molecular weight is 333 g/mol. The first-order chi connectivity index (χ1) is 6.83. The number of aromatic nitrogens is 1. The summed E-state index contributed by atoms with van der Waals surface area (Å²) in [6.07, 6.45) is -4.71. The Hall–Kier alpha value is -0.730. The summed E-state index contributed by atoms with van der Waals surface area (Å²) in [7, 11) is 1.33. The molecule has 0 atom stereocenters. The summed E-state index contributed by atoms with van der Waals surface area (Å²) in [6.45, 7) is 1.56. The van der Waals surface area contributed by atoms with Gasteiger partial charge in [0.15, 0.2) is 0 Å². The first kappa shape index (κ1) is 12.3. The van der Waals surface area contributed by atoms with E-state index in [4.69, 9.17) is 4.74 Å². The predicted molar refractivity (Wildman–Crippen MR) is 54.9 cm³/mol. The number of hydrogen-bond donors (Lipinski definition) is 0. The van der Waals surface area contributed by atoms with Crippen molar-refractivity contribution in [3.05, 3.63) is 15.3 Å². The van der Waals surface area contributed by atoms with Crippen molar-refractivity contribution >= 4 is 22.6 Å². The van der Waals surface area contributed by atoms with E-state index in [1.54, 1.807) is 29.5 Å². The van der Waals surface area contributed by atoms with Gasteiger partial charge < -0.3 is 9.47 Å². The van der Waals surface area contributed by atoms with Crippen LogP contribution in [-0.4, -0.2) is 18.5 Å². The minimum atomic E-state index is -4.71. The van der Waals surface area contributed by atoms with Crippen LogP contribution >= 0.6 is 22.6 Å². The smallest absolute Gasteiger partial charge is 0.480 e. The van der Waals surface area contributed by atoms with Crippen LogP contribution in [0.3, 0.4) is 0 Å². The van der Waals surface area contributed by atoms with Gasteiger partial charge in [-0.15, -0.1) is 13.2 Å². The molecular weight excluding hydrogens is 326 g/mol. The van der Waals surface area contributed by atoms with E-state index in [1.807, 2.05) is 0 Å². The number of halogens is 4. The lowest BCUT2D eigenvalue weighted by molar-refractivity contribution is -0.275. The minimum absolute atomic E-state index is 0.120. The molecule has 0 bridgehead atoms. The zero-order valence-electron chi connectivity index (χ0n) is 7.85. The summed E-state index contributed by atoms with van der Waals surface area (Å²) in [5, 5.41) is 0. The molecule has 15 heavy (non-hydrogen) atoms. The maximum absolute atomic E-state index is 12.0. The van der Waals surface area contributed by atoms with E-state index in [-0.39, 0.29) is 15.2 Å². The third-order valence-electron chi connectivity index (χ3n) is 1.44. The molecular formula is C8H7F3INO2. The molecule has 7 heteroatoms. The molecule has 3 nitrogen and oxygen atoms in total. The molecule has 1 heterocycles. The van der Waals surface area contributed by atoms with Crippen LogP contribution in [0.15, 0.2) is 6.07 Å². The van der Waals surface area contributed by atoms with Gasteiger partial charge in [0.1, 0.15) is 9.32 Å². The Balaban J connectivity index is 3.12. The molecule has 0 aliphatic heterocycles. The highest BCUT2D eigenvalue weighted by Gasteiger charge is 2.32. The lowest BCUT2D eigenvalue weighted by atomic mass is 10.3. The molecule has 0 N–H and O–H groups in total. The third-order valence-corrected chi connectivity index (χ3v) is 2.43. The van der Waals surface area contributed by atoms with Gasteiger partial charge in [0, 0.05) is 11.8 Å². The fraction of sp³-hybridized carbons (Fsp3) is 0.375. The maximum atomic E-state index is 12.0. The van der Waals surface area contributed by atoms with E-state index >= 15 is 0 Å². The number of alkyl halides is 3. The summed E-state index contributed by atoms with van der Waals surface area (Å²) in [5.41, 5.74) is 0.395. The molecule has 0 radical (unpaired) electrons. The van der Waals surface area contributed by atoms with Crippen LogP contribution in [0.1, 0.15) is 5.69 Å². The summed E-state index contributed by atoms with van der Waals surface area (Å²) < 4.78 is 44.8. The van der Waals surface area contributed by atoms with Crippen molar-refractivity contribution in [2.24, 2.45) is 0 Å². The average Bonchev–Trinajstić information content (AvgIpc) is 2.08. The summed E-state index contributed by atoms with van der Waals surface area (Å²) in [6, 6.07) is 1.21. The van der Waals surface area contributed by atoms with E-state index in [2.05, 4.69) is 9.72 Å². The van der Waals surface area contributed by atoms with E-state index in [0.717, 1.165) is 0 Å². The quantitative estimate of drug-likeness (QED) is 0.780. The number of rotatable bonds is 2. The van der Waals surface area contributed by atoms with Crippen LogP contribution in [0, 0.1) is 10.5 Å². The largest absolute Gasteiger partial charge is 0.573 e. The highest BCUT2D eigenvalue weighted by Crippen LogP contribution is 2.32. The summed E-state index contributed by atoms with van der Waals surface area (Å²) in [5.74, 6) is -0.178. The second-order valence-corrected chi connectivity index (χ2v) is 3.71. The molecule has 1 aromatic rings. The van der Waals surface area contributed by atoms with E-state index < -0.39 is 6.36 Å². The number of methoxy groups -OCH3 is 1. The zero-order valence-corrected chi connectivity index (χ0v) is 10.0. The summed E-state index contributed by atoms with van der Waals surface area (Å²) >= 11 is 1.69. The van der Waals surface area contributed by atoms with Crippen LogP contribution < -0.4 is 9.47 Å². The molecule has 84 valence electrons. The van der Waals surface area contributed by atoms with Gasteiger partial charge >= 0.3 is 6.36 Å². The fourth-order valence-electron chi connectivity index (χ4n) is 0.934. The van der Waals surface area contributed by atoms with Crippen LogP contribution in [0.5, 0.6) is 11.6 Å².